The van der Waals surface area contributed by atoms with E-state index >= 15 is 0 Å². The maximum absolute atomic E-state index is 12.7. The largest absolute Gasteiger partial charge is 0.345 e. The Kier molecular flexibility index (Phi) is 3.21. The Morgan fingerprint density at radius 3 is 2.88 bits per heavy atom. The number of aromatic nitrogens is 5. The minimum atomic E-state index is -3.16. The van der Waals surface area contributed by atoms with E-state index in [-0.39, 0.29) is 17.1 Å². The van der Waals surface area contributed by atoms with Crippen LogP contribution in [0.3, 0.4) is 0 Å². The highest BCUT2D eigenvalue weighted by Gasteiger charge is 2.46. The SMILES string of the molecule is CCC1CN(S(=O)(=O)C2CC2)CC1c1nnc2cnc3[nH]ccc3n12. The van der Waals surface area contributed by atoms with Crippen molar-refractivity contribution in [2.45, 2.75) is 37.4 Å². The third-order valence-corrected chi connectivity index (χ3v) is 7.87. The van der Waals surface area contributed by atoms with Crippen LogP contribution in [0.25, 0.3) is 16.8 Å². The molecule has 1 saturated carbocycles. The molecule has 1 aliphatic carbocycles. The molecule has 2 fully saturated rings. The van der Waals surface area contributed by atoms with Gasteiger partial charge in [0.2, 0.25) is 10.0 Å². The zero-order valence-corrected chi connectivity index (χ0v) is 14.8. The van der Waals surface area contributed by atoms with Crippen LogP contribution >= 0.6 is 0 Å². The van der Waals surface area contributed by atoms with E-state index in [2.05, 4.69) is 27.1 Å². The second-order valence-electron chi connectivity index (χ2n) is 7.06. The van der Waals surface area contributed by atoms with Gasteiger partial charge in [-0.05, 0) is 24.8 Å². The van der Waals surface area contributed by atoms with Crippen LogP contribution in [0.1, 0.15) is 37.9 Å². The maximum atomic E-state index is 12.7. The van der Waals surface area contributed by atoms with E-state index in [1.165, 1.54) is 0 Å². The highest BCUT2D eigenvalue weighted by Crippen LogP contribution is 2.40. The van der Waals surface area contributed by atoms with Gasteiger partial charge in [-0.2, -0.15) is 0 Å². The van der Waals surface area contributed by atoms with Crippen LogP contribution in [0.2, 0.25) is 0 Å². The number of H-pyrrole nitrogens is 1. The van der Waals surface area contributed by atoms with Crippen LogP contribution in [-0.2, 0) is 10.0 Å². The molecule has 8 nitrogen and oxygen atoms in total. The van der Waals surface area contributed by atoms with Gasteiger partial charge in [0.1, 0.15) is 5.82 Å². The fourth-order valence-corrected chi connectivity index (χ4v) is 5.88. The molecule has 25 heavy (non-hydrogen) atoms. The van der Waals surface area contributed by atoms with Gasteiger partial charge in [-0.25, -0.2) is 17.7 Å². The Balaban J connectivity index is 1.60. The summed E-state index contributed by atoms with van der Waals surface area (Å²) < 4.78 is 29.0. The second-order valence-corrected chi connectivity index (χ2v) is 9.27. The van der Waals surface area contributed by atoms with Crippen molar-refractivity contribution in [3.63, 3.8) is 0 Å². The summed E-state index contributed by atoms with van der Waals surface area (Å²) in [6.45, 7) is 3.18. The number of nitrogens with zero attached hydrogens (tertiary/aromatic N) is 5. The molecule has 1 saturated heterocycles. The lowest BCUT2D eigenvalue weighted by molar-refractivity contribution is 0.449. The predicted octanol–water partition coefficient (Wildman–Crippen LogP) is 1.52. The van der Waals surface area contributed by atoms with Gasteiger partial charge in [-0.3, -0.25) is 4.40 Å². The summed E-state index contributed by atoms with van der Waals surface area (Å²) in [6.07, 6.45) is 6.05. The fourth-order valence-electron chi connectivity index (χ4n) is 3.96. The zero-order chi connectivity index (χ0) is 17.2. The second kappa shape index (κ2) is 5.25. The number of hydrogen-bond acceptors (Lipinski definition) is 5. The Bertz CT molecular complexity index is 1050. The van der Waals surface area contributed by atoms with Gasteiger partial charge in [-0.1, -0.05) is 13.3 Å². The quantitative estimate of drug-likeness (QED) is 0.761. The molecule has 9 heteroatoms. The van der Waals surface area contributed by atoms with Crippen molar-refractivity contribution in [2.75, 3.05) is 13.1 Å². The molecule has 2 unspecified atom stereocenters. The van der Waals surface area contributed by atoms with Crippen LogP contribution in [-0.4, -0.2) is 55.6 Å². The zero-order valence-electron chi connectivity index (χ0n) is 14.0. The summed E-state index contributed by atoms with van der Waals surface area (Å²) in [7, 11) is -3.16. The molecule has 0 spiro atoms. The molecule has 0 radical (unpaired) electrons. The van der Waals surface area contributed by atoms with Crippen molar-refractivity contribution in [1.29, 1.82) is 0 Å². The number of sulfonamides is 1. The summed E-state index contributed by atoms with van der Waals surface area (Å²) in [5.74, 6) is 1.14. The molecule has 1 aliphatic heterocycles. The van der Waals surface area contributed by atoms with E-state index in [0.29, 0.717) is 18.7 Å². The Morgan fingerprint density at radius 2 is 2.12 bits per heavy atom. The first kappa shape index (κ1) is 15.3. The van der Waals surface area contributed by atoms with E-state index < -0.39 is 10.0 Å². The first-order chi connectivity index (χ1) is 12.1. The molecule has 4 heterocycles. The molecule has 1 N–H and O–H groups in total. The topological polar surface area (TPSA) is 96.2 Å². The number of fused-ring (bicyclic) bond motifs is 3. The standard InChI is InChI=1S/C16H20N6O2S/c1-2-10-8-21(25(23,24)11-3-4-11)9-12(10)16-20-19-14-7-18-15-13(22(14)16)5-6-17-15/h5-7,10-12,17H,2-4,8-9H2,1H3. The van der Waals surface area contributed by atoms with Crippen molar-refractivity contribution in [1.82, 2.24) is 28.9 Å². The molecule has 0 bridgehead atoms. The van der Waals surface area contributed by atoms with Gasteiger partial charge in [0, 0.05) is 25.2 Å². The number of aromatic amines is 1. The minimum absolute atomic E-state index is 0.0500. The van der Waals surface area contributed by atoms with Crippen LogP contribution in [0.4, 0.5) is 0 Å². The van der Waals surface area contributed by atoms with Gasteiger partial charge in [0.15, 0.2) is 11.3 Å². The molecule has 2 atom stereocenters. The molecule has 132 valence electrons. The Labute approximate surface area is 145 Å². The van der Waals surface area contributed by atoms with Crippen LogP contribution in [0.5, 0.6) is 0 Å². The summed E-state index contributed by atoms with van der Waals surface area (Å²) in [5, 5.41) is 8.52. The molecule has 0 amide bonds. The van der Waals surface area contributed by atoms with Gasteiger partial charge in [0.05, 0.1) is 17.0 Å². The van der Waals surface area contributed by atoms with Gasteiger partial charge in [0.25, 0.3) is 0 Å². The summed E-state index contributed by atoms with van der Waals surface area (Å²) in [4.78, 5) is 7.46. The Hall–Kier alpha value is -2.00. The lowest BCUT2D eigenvalue weighted by atomic mass is 9.93. The van der Waals surface area contributed by atoms with Gasteiger partial charge < -0.3 is 4.98 Å². The van der Waals surface area contributed by atoms with Crippen LogP contribution in [0, 0.1) is 5.92 Å². The van der Waals surface area contributed by atoms with Gasteiger partial charge >= 0.3 is 0 Å². The highest BCUT2D eigenvalue weighted by molar-refractivity contribution is 7.90. The smallest absolute Gasteiger partial charge is 0.217 e. The average molecular weight is 360 g/mol. The van der Waals surface area contributed by atoms with E-state index in [9.17, 15) is 8.42 Å². The molecular formula is C16H20N6O2S. The number of rotatable bonds is 4. The minimum Gasteiger partial charge on any atom is -0.345 e. The summed E-state index contributed by atoms with van der Waals surface area (Å²) >= 11 is 0. The lowest BCUT2D eigenvalue weighted by Gasteiger charge is -2.15. The van der Waals surface area contributed by atoms with E-state index in [4.69, 9.17) is 0 Å². The first-order valence-electron chi connectivity index (χ1n) is 8.75. The summed E-state index contributed by atoms with van der Waals surface area (Å²) in [5.41, 5.74) is 2.40. The third kappa shape index (κ3) is 2.22. The molecule has 2 aliphatic rings. The van der Waals surface area contributed by atoms with Crippen molar-refractivity contribution in [3.05, 3.63) is 24.3 Å². The number of hydrogen-bond donors (Lipinski definition) is 1. The van der Waals surface area contributed by atoms with Crippen molar-refractivity contribution in [3.8, 4) is 0 Å². The lowest BCUT2D eigenvalue weighted by Crippen LogP contribution is -2.32. The summed E-state index contributed by atoms with van der Waals surface area (Å²) in [6, 6.07) is 1.96. The third-order valence-electron chi connectivity index (χ3n) is 5.54. The normalized spacial score (nSPS) is 25.3. The van der Waals surface area contributed by atoms with Crippen LogP contribution in [0.15, 0.2) is 18.5 Å². The monoisotopic (exact) mass is 360 g/mol. The van der Waals surface area contributed by atoms with Gasteiger partial charge in [-0.15, -0.1) is 10.2 Å². The molecule has 3 aromatic heterocycles. The maximum Gasteiger partial charge on any atom is 0.217 e. The first-order valence-corrected chi connectivity index (χ1v) is 10.3. The molecular weight excluding hydrogens is 340 g/mol. The van der Waals surface area contributed by atoms with Crippen molar-refractivity contribution >= 4 is 26.8 Å². The van der Waals surface area contributed by atoms with Crippen molar-refractivity contribution < 1.29 is 8.42 Å². The van der Waals surface area contributed by atoms with Crippen LogP contribution < -0.4 is 0 Å². The van der Waals surface area contributed by atoms with Crippen molar-refractivity contribution in [2.24, 2.45) is 5.92 Å². The predicted molar refractivity (Wildman–Crippen MR) is 92.7 cm³/mol. The van der Waals surface area contributed by atoms with E-state index in [1.54, 1.807) is 10.5 Å². The van der Waals surface area contributed by atoms with E-state index in [0.717, 1.165) is 36.3 Å². The number of nitrogens with one attached hydrogen (secondary N) is 1. The molecule has 3 aromatic rings. The molecule has 0 aromatic carbocycles. The highest BCUT2D eigenvalue weighted by atomic mass is 32.2. The fraction of sp³-hybridized carbons (Fsp3) is 0.562. The average Bonchev–Trinajstić information content (AvgIpc) is 3.05. The molecule has 5 rings (SSSR count). The van der Waals surface area contributed by atoms with E-state index in [1.807, 2.05) is 16.7 Å². The Morgan fingerprint density at radius 1 is 1.28 bits per heavy atom.